The van der Waals surface area contributed by atoms with Crippen molar-refractivity contribution in [3.05, 3.63) is 35.6 Å². The Balaban J connectivity index is 2.15. The van der Waals surface area contributed by atoms with Gasteiger partial charge in [-0.25, -0.2) is 0 Å². The number of para-hydroxylation sites is 1. The second kappa shape index (κ2) is 4.43. The third-order valence-corrected chi connectivity index (χ3v) is 4.20. The molecular formula is C16H21NO. The summed E-state index contributed by atoms with van der Waals surface area (Å²) in [6.07, 6.45) is 3.49. The second-order valence-corrected chi connectivity index (χ2v) is 5.60. The van der Waals surface area contributed by atoms with Crippen LogP contribution in [0.1, 0.15) is 38.0 Å². The summed E-state index contributed by atoms with van der Waals surface area (Å²) in [5, 5.41) is 4.80. The molecule has 1 atom stereocenters. The van der Waals surface area contributed by atoms with E-state index < -0.39 is 0 Å². The Kier molecular flexibility index (Phi) is 2.90. The normalized spacial score (nSPS) is 24.6. The van der Waals surface area contributed by atoms with Gasteiger partial charge >= 0.3 is 0 Å². The molecule has 0 aliphatic carbocycles. The molecule has 2 aromatic rings. The van der Waals surface area contributed by atoms with Crippen LogP contribution in [0, 0.1) is 0 Å². The molecule has 0 radical (unpaired) electrons. The van der Waals surface area contributed by atoms with Crippen molar-refractivity contribution < 1.29 is 4.42 Å². The van der Waals surface area contributed by atoms with E-state index in [-0.39, 0.29) is 5.41 Å². The summed E-state index contributed by atoms with van der Waals surface area (Å²) in [7, 11) is 0. The van der Waals surface area contributed by atoms with Gasteiger partial charge in [0.1, 0.15) is 11.3 Å². The number of benzene rings is 1. The van der Waals surface area contributed by atoms with Gasteiger partial charge < -0.3 is 9.73 Å². The Morgan fingerprint density at radius 2 is 2.17 bits per heavy atom. The highest BCUT2D eigenvalue weighted by atomic mass is 16.3. The first-order valence-corrected chi connectivity index (χ1v) is 6.96. The van der Waals surface area contributed by atoms with Crippen LogP contribution in [0.15, 0.2) is 28.7 Å². The van der Waals surface area contributed by atoms with Gasteiger partial charge in [0.15, 0.2) is 0 Å². The topological polar surface area (TPSA) is 25.2 Å². The summed E-state index contributed by atoms with van der Waals surface area (Å²) < 4.78 is 6.19. The largest absolute Gasteiger partial charge is 0.460 e. The molecule has 0 amide bonds. The molecule has 18 heavy (non-hydrogen) atoms. The fraction of sp³-hybridized carbons (Fsp3) is 0.500. The van der Waals surface area contributed by atoms with Gasteiger partial charge in [0.2, 0.25) is 0 Å². The van der Waals surface area contributed by atoms with Crippen LogP contribution < -0.4 is 5.32 Å². The van der Waals surface area contributed by atoms with Crippen molar-refractivity contribution >= 4 is 11.0 Å². The molecule has 2 nitrogen and oxygen atoms in total. The van der Waals surface area contributed by atoms with Crippen LogP contribution in [0.5, 0.6) is 0 Å². The summed E-state index contributed by atoms with van der Waals surface area (Å²) in [5.41, 5.74) is 2.59. The molecule has 1 aliphatic rings. The lowest BCUT2D eigenvalue weighted by Crippen LogP contribution is -2.41. The average molecular weight is 243 g/mol. The molecule has 1 N–H and O–H groups in total. The number of rotatable bonds is 2. The molecule has 96 valence electrons. The monoisotopic (exact) mass is 243 g/mol. The van der Waals surface area contributed by atoms with Crippen molar-refractivity contribution in [2.45, 2.75) is 38.5 Å². The van der Waals surface area contributed by atoms with Crippen molar-refractivity contribution in [2.75, 3.05) is 13.1 Å². The molecule has 1 aromatic heterocycles. The number of fused-ring (bicyclic) bond motifs is 1. The fourth-order valence-corrected chi connectivity index (χ4v) is 3.19. The SMILES string of the molecule is CCc1c(C2(C)CCCNC2)oc2ccccc12. The van der Waals surface area contributed by atoms with Crippen LogP contribution in [-0.4, -0.2) is 13.1 Å². The highest BCUT2D eigenvalue weighted by Gasteiger charge is 2.34. The second-order valence-electron chi connectivity index (χ2n) is 5.60. The number of nitrogens with one attached hydrogen (secondary N) is 1. The first kappa shape index (κ1) is 11.8. The van der Waals surface area contributed by atoms with Crippen LogP contribution in [0.25, 0.3) is 11.0 Å². The van der Waals surface area contributed by atoms with Gasteiger partial charge in [-0.05, 0) is 31.9 Å². The highest BCUT2D eigenvalue weighted by Crippen LogP contribution is 2.38. The van der Waals surface area contributed by atoms with Gasteiger partial charge in [-0.15, -0.1) is 0 Å². The maximum absolute atomic E-state index is 6.19. The molecular weight excluding hydrogens is 222 g/mol. The van der Waals surface area contributed by atoms with Crippen LogP contribution >= 0.6 is 0 Å². The minimum absolute atomic E-state index is 0.155. The lowest BCUT2D eigenvalue weighted by atomic mass is 9.78. The minimum atomic E-state index is 0.155. The number of furan rings is 1. The molecule has 1 saturated heterocycles. The van der Waals surface area contributed by atoms with E-state index >= 15 is 0 Å². The molecule has 3 rings (SSSR count). The number of aryl methyl sites for hydroxylation is 1. The van der Waals surface area contributed by atoms with Gasteiger partial charge in [-0.1, -0.05) is 32.0 Å². The van der Waals surface area contributed by atoms with Gasteiger partial charge in [-0.3, -0.25) is 0 Å². The molecule has 0 spiro atoms. The standard InChI is InChI=1S/C16H21NO/c1-3-12-13-7-4-5-8-14(13)18-15(12)16(2)9-6-10-17-11-16/h4-5,7-8,17H,3,6,9-11H2,1-2H3. The highest BCUT2D eigenvalue weighted by molar-refractivity contribution is 5.82. The molecule has 1 unspecified atom stereocenters. The van der Waals surface area contributed by atoms with Gasteiger partial charge in [-0.2, -0.15) is 0 Å². The van der Waals surface area contributed by atoms with E-state index in [1.165, 1.54) is 29.6 Å². The van der Waals surface area contributed by atoms with E-state index in [2.05, 4.69) is 43.4 Å². The summed E-state index contributed by atoms with van der Waals surface area (Å²) in [4.78, 5) is 0. The van der Waals surface area contributed by atoms with E-state index in [0.29, 0.717) is 0 Å². The predicted octanol–water partition coefficient (Wildman–Crippen LogP) is 3.64. The lowest BCUT2D eigenvalue weighted by molar-refractivity contribution is 0.287. The molecule has 2 heterocycles. The van der Waals surface area contributed by atoms with Gasteiger partial charge in [0.25, 0.3) is 0 Å². The summed E-state index contributed by atoms with van der Waals surface area (Å²) >= 11 is 0. The summed E-state index contributed by atoms with van der Waals surface area (Å²) in [5.74, 6) is 1.21. The molecule has 0 bridgehead atoms. The zero-order chi connectivity index (χ0) is 12.6. The zero-order valence-electron chi connectivity index (χ0n) is 11.3. The quantitative estimate of drug-likeness (QED) is 0.871. The van der Waals surface area contributed by atoms with E-state index in [9.17, 15) is 0 Å². The summed E-state index contributed by atoms with van der Waals surface area (Å²) in [6, 6.07) is 8.41. The molecule has 1 aromatic carbocycles. The summed E-state index contributed by atoms with van der Waals surface area (Å²) in [6.45, 7) is 6.72. The smallest absolute Gasteiger partial charge is 0.134 e. The van der Waals surface area contributed by atoms with Crippen LogP contribution in [0.3, 0.4) is 0 Å². The van der Waals surface area contributed by atoms with Gasteiger partial charge in [0, 0.05) is 22.9 Å². The molecule has 2 heteroatoms. The third-order valence-electron chi connectivity index (χ3n) is 4.20. The van der Waals surface area contributed by atoms with Crippen molar-refractivity contribution in [3.63, 3.8) is 0 Å². The minimum Gasteiger partial charge on any atom is -0.460 e. The van der Waals surface area contributed by atoms with E-state index in [1.807, 2.05) is 0 Å². The van der Waals surface area contributed by atoms with Crippen LogP contribution in [0.2, 0.25) is 0 Å². The maximum atomic E-state index is 6.19. The van der Waals surface area contributed by atoms with E-state index in [4.69, 9.17) is 4.42 Å². The van der Waals surface area contributed by atoms with Crippen LogP contribution in [0.4, 0.5) is 0 Å². The first-order valence-electron chi connectivity index (χ1n) is 6.96. The molecule has 1 fully saturated rings. The predicted molar refractivity (Wildman–Crippen MR) is 75.0 cm³/mol. The lowest BCUT2D eigenvalue weighted by Gasteiger charge is -2.33. The van der Waals surface area contributed by atoms with Crippen molar-refractivity contribution in [1.82, 2.24) is 5.32 Å². The Labute approximate surface area is 108 Å². The Hall–Kier alpha value is -1.28. The average Bonchev–Trinajstić information content (AvgIpc) is 2.79. The Morgan fingerprint density at radius 3 is 2.89 bits per heavy atom. The first-order chi connectivity index (χ1) is 8.74. The number of hydrogen-bond acceptors (Lipinski definition) is 2. The fourth-order valence-electron chi connectivity index (χ4n) is 3.19. The van der Waals surface area contributed by atoms with Gasteiger partial charge in [0.05, 0.1) is 0 Å². The van der Waals surface area contributed by atoms with E-state index in [1.54, 1.807) is 0 Å². The van der Waals surface area contributed by atoms with Crippen molar-refractivity contribution in [2.24, 2.45) is 0 Å². The van der Waals surface area contributed by atoms with Crippen molar-refractivity contribution in [1.29, 1.82) is 0 Å². The molecule has 0 saturated carbocycles. The Morgan fingerprint density at radius 1 is 1.33 bits per heavy atom. The third kappa shape index (κ3) is 1.76. The number of piperidine rings is 1. The molecule has 1 aliphatic heterocycles. The number of hydrogen-bond donors (Lipinski definition) is 1. The Bertz CT molecular complexity index is 549. The van der Waals surface area contributed by atoms with E-state index in [0.717, 1.165) is 25.1 Å². The maximum Gasteiger partial charge on any atom is 0.134 e. The zero-order valence-corrected chi connectivity index (χ0v) is 11.3. The van der Waals surface area contributed by atoms with Crippen LogP contribution in [-0.2, 0) is 11.8 Å². The van der Waals surface area contributed by atoms with Crippen molar-refractivity contribution in [3.8, 4) is 0 Å².